The Hall–Kier alpha value is -6.27. The van der Waals surface area contributed by atoms with E-state index >= 15 is 0 Å². The Morgan fingerprint density at radius 1 is 0.473 bits per heavy atom. The lowest BCUT2D eigenvalue weighted by Gasteiger charge is -2.43. The van der Waals surface area contributed by atoms with E-state index in [0.717, 1.165) is 83.6 Å². The molecule has 266 valence electrons. The van der Waals surface area contributed by atoms with E-state index in [1.165, 1.54) is 22.1 Å². The zero-order chi connectivity index (χ0) is 37.4. The number of rotatable bonds is 2. The summed E-state index contributed by atoms with van der Waals surface area (Å²) >= 11 is 0. The Labute approximate surface area is 320 Å². The van der Waals surface area contributed by atoms with Gasteiger partial charge in [0.1, 0.15) is 28.1 Å². The van der Waals surface area contributed by atoms with Crippen molar-refractivity contribution >= 4 is 101 Å². The maximum atomic E-state index is 6.61. The van der Waals surface area contributed by atoms with Gasteiger partial charge in [0, 0.05) is 56.2 Å². The van der Waals surface area contributed by atoms with Crippen molar-refractivity contribution in [3.63, 3.8) is 0 Å². The minimum absolute atomic E-state index is 0.0319. The highest BCUT2D eigenvalue weighted by molar-refractivity contribution is 7.00. The average Bonchev–Trinajstić information content (AvgIpc) is 3.73. The molecule has 0 saturated heterocycles. The summed E-state index contributed by atoms with van der Waals surface area (Å²) < 4.78 is 13.2. The maximum absolute atomic E-state index is 6.61. The van der Waals surface area contributed by atoms with Gasteiger partial charge in [-0.1, -0.05) is 102 Å². The fourth-order valence-electron chi connectivity index (χ4n) is 8.99. The fourth-order valence-corrected chi connectivity index (χ4v) is 8.99. The number of nitrogens with zero attached hydrogens (tertiary/aromatic N) is 3. The van der Waals surface area contributed by atoms with E-state index in [-0.39, 0.29) is 17.5 Å². The molecule has 55 heavy (non-hydrogen) atoms. The second-order valence-corrected chi connectivity index (χ2v) is 17.3. The topological polar surface area (TPSA) is 45.7 Å². The second kappa shape index (κ2) is 11.1. The summed E-state index contributed by atoms with van der Waals surface area (Å²) in [4.78, 5) is 10.1. The molecule has 11 rings (SSSR count). The highest BCUT2D eigenvalue weighted by Gasteiger charge is 2.45. The SMILES string of the molecule is CC(C)(C)c1ccc(N2c3cc4c(cc3B3c5cc6oc7ccccc7c6cc5N(c5ccc(C(C)(C)C)cc5)c5nccc2c53)oc2ccccc24)cc1. The number of fused-ring (bicyclic) bond motifs is 10. The first-order valence-electron chi connectivity index (χ1n) is 19.2. The van der Waals surface area contributed by atoms with E-state index in [1.807, 2.05) is 18.3 Å². The molecular weight excluding hydrogens is 673 g/mol. The molecule has 0 spiro atoms. The van der Waals surface area contributed by atoms with Crippen LogP contribution in [0.2, 0.25) is 0 Å². The molecule has 0 fully saturated rings. The smallest absolute Gasteiger partial charge is 0.254 e. The number of hydrogen-bond donors (Lipinski definition) is 0. The summed E-state index contributed by atoms with van der Waals surface area (Å²) in [6.45, 7) is 13.5. The molecule has 6 aromatic carbocycles. The van der Waals surface area contributed by atoms with Crippen molar-refractivity contribution in [1.82, 2.24) is 4.98 Å². The summed E-state index contributed by atoms with van der Waals surface area (Å²) in [6.07, 6.45) is 1.98. The number of anilines is 6. The van der Waals surface area contributed by atoms with Crippen LogP contribution in [0.1, 0.15) is 52.7 Å². The third kappa shape index (κ3) is 4.70. The zero-order valence-corrected chi connectivity index (χ0v) is 31.9. The van der Waals surface area contributed by atoms with E-state index < -0.39 is 0 Å². The van der Waals surface area contributed by atoms with Gasteiger partial charge in [-0.15, -0.1) is 0 Å². The molecule has 0 bridgehead atoms. The number of hydrogen-bond acceptors (Lipinski definition) is 5. The molecule has 0 N–H and O–H groups in total. The van der Waals surface area contributed by atoms with Crippen LogP contribution in [0.4, 0.5) is 34.3 Å². The van der Waals surface area contributed by atoms with Gasteiger partial charge in [-0.2, -0.15) is 0 Å². The highest BCUT2D eigenvalue weighted by atomic mass is 16.3. The zero-order valence-electron chi connectivity index (χ0n) is 31.9. The summed E-state index contributed by atoms with van der Waals surface area (Å²) in [7, 11) is 0. The van der Waals surface area contributed by atoms with Crippen LogP contribution in [0, 0.1) is 0 Å². The molecule has 0 amide bonds. The Morgan fingerprint density at radius 2 is 0.945 bits per heavy atom. The third-order valence-corrected chi connectivity index (χ3v) is 11.8. The number of benzene rings is 6. The standard InChI is InChI=1S/C49H40BN3O2/c1-48(2,3)29-15-19-31(20-16-29)52-39-23-24-51-47-46(39)50(37-27-44-35(25-40(37)52)33-11-7-9-13-42(33)54-44)38-28-45-36(34-12-8-10-14-43(34)55-45)26-41(38)53(47)32-21-17-30(18-22-32)49(4,5)6/h7-28H,1-6H3. The van der Waals surface area contributed by atoms with Gasteiger partial charge in [0.25, 0.3) is 6.71 Å². The number of para-hydroxylation sites is 2. The van der Waals surface area contributed by atoms with Crippen LogP contribution < -0.4 is 26.2 Å². The Balaban J connectivity index is 1.24. The molecule has 0 atom stereocenters. The summed E-state index contributed by atoms with van der Waals surface area (Å²) in [6, 6.07) is 46.2. The first-order chi connectivity index (χ1) is 26.5. The summed E-state index contributed by atoms with van der Waals surface area (Å²) in [5.41, 5.74) is 15.2. The van der Waals surface area contributed by atoms with Crippen LogP contribution in [-0.2, 0) is 10.8 Å². The van der Waals surface area contributed by atoms with Crippen LogP contribution in [0.5, 0.6) is 0 Å². The van der Waals surface area contributed by atoms with Crippen molar-refractivity contribution < 1.29 is 8.83 Å². The molecule has 0 radical (unpaired) electrons. The van der Waals surface area contributed by atoms with Crippen molar-refractivity contribution in [3.05, 3.63) is 145 Å². The van der Waals surface area contributed by atoms with Crippen molar-refractivity contribution in [2.75, 3.05) is 9.80 Å². The Bertz CT molecular complexity index is 2810. The van der Waals surface area contributed by atoms with Crippen LogP contribution in [0.25, 0.3) is 43.9 Å². The van der Waals surface area contributed by atoms with Gasteiger partial charge < -0.3 is 13.7 Å². The predicted molar refractivity (Wildman–Crippen MR) is 230 cm³/mol. The van der Waals surface area contributed by atoms with Crippen molar-refractivity contribution in [1.29, 1.82) is 0 Å². The minimum atomic E-state index is -0.130. The minimum Gasteiger partial charge on any atom is -0.456 e. The van der Waals surface area contributed by atoms with Crippen LogP contribution in [0.15, 0.2) is 142 Å². The van der Waals surface area contributed by atoms with E-state index in [9.17, 15) is 0 Å². The van der Waals surface area contributed by atoms with E-state index in [1.54, 1.807) is 0 Å². The van der Waals surface area contributed by atoms with Crippen molar-refractivity contribution in [2.24, 2.45) is 0 Å². The van der Waals surface area contributed by atoms with Crippen molar-refractivity contribution in [2.45, 2.75) is 52.4 Å². The number of furan rings is 2. The molecule has 5 nitrogen and oxygen atoms in total. The molecule has 6 heteroatoms. The molecule has 3 aromatic heterocycles. The van der Waals surface area contributed by atoms with E-state index in [2.05, 4.69) is 167 Å². The average molecular weight is 714 g/mol. The van der Waals surface area contributed by atoms with Gasteiger partial charge in [0.15, 0.2) is 0 Å². The summed E-state index contributed by atoms with van der Waals surface area (Å²) in [5.74, 6) is 0.928. The van der Waals surface area contributed by atoms with E-state index in [0.29, 0.717) is 0 Å². The van der Waals surface area contributed by atoms with E-state index in [4.69, 9.17) is 13.8 Å². The number of aromatic nitrogens is 1. The van der Waals surface area contributed by atoms with Gasteiger partial charge in [-0.3, -0.25) is 4.90 Å². The Morgan fingerprint density at radius 3 is 1.45 bits per heavy atom. The van der Waals surface area contributed by atoms with Gasteiger partial charge in [-0.25, -0.2) is 4.98 Å². The first-order valence-corrected chi connectivity index (χ1v) is 19.2. The lowest BCUT2D eigenvalue weighted by Crippen LogP contribution is -2.61. The first kappa shape index (κ1) is 32.2. The molecule has 5 heterocycles. The molecule has 0 saturated carbocycles. The van der Waals surface area contributed by atoms with Gasteiger partial charge in [0.05, 0.1) is 0 Å². The lowest BCUT2D eigenvalue weighted by atomic mass is 9.33. The largest absolute Gasteiger partial charge is 0.456 e. The van der Waals surface area contributed by atoms with Crippen LogP contribution >= 0.6 is 0 Å². The molecule has 9 aromatic rings. The van der Waals surface area contributed by atoms with Crippen molar-refractivity contribution in [3.8, 4) is 0 Å². The van der Waals surface area contributed by atoms with Crippen LogP contribution in [0.3, 0.4) is 0 Å². The quantitative estimate of drug-likeness (QED) is 0.167. The summed E-state index contributed by atoms with van der Waals surface area (Å²) in [5, 5.41) is 4.42. The van der Waals surface area contributed by atoms with Gasteiger partial charge in [-0.05, 0) is 105 Å². The van der Waals surface area contributed by atoms with Crippen LogP contribution in [-0.4, -0.2) is 11.7 Å². The molecule has 0 unspecified atom stereocenters. The fraction of sp³-hybridized carbons (Fsp3) is 0.163. The predicted octanol–water partition coefficient (Wildman–Crippen LogP) is 11.6. The lowest BCUT2D eigenvalue weighted by molar-refractivity contribution is 0.590. The monoisotopic (exact) mass is 713 g/mol. The third-order valence-electron chi connectivity index (χ3n) is 11.8. The molecular formula is C49H40BN3O2. The second-order valence-electron chi connectivity index (χ2n) is 17.3. The highest BCUT2D eigenvalue weighted by Crippen LogP contribution is 2.46. The number of pyridine rings is 1. The maximum Gasteiger partial charge on any atom is 0.254 e. The molecule has 2 aliphatic rings. The molecule has 0 aliphatic carbocycles. The Kier molecular flexibility index (Phi) is 6.52. The van der Waals surface area contributed by atoms with Gasteiger partial charge >= 0.3 is 0 Å². The molecule has 2 aliphatic heterocycles. The van der Waals surface area contributed by atoms with Gasteiger partial charge in [0.2, 0.25) is 0 Å². The normalized spacial score (nSPS) is 13.9.